The number of nitrogens with zero attached hydrogens (tertiary/aromatic N) is 2. The molecule has 0 saturated carbocycles. The van der Waals surface area contributed by atoms with E-state index in [4.69, 9.17) is 5.73 Å². The van der Waals surface area contributed by atoms with E-state index in [1.807, 2.05) is 30.3 Å². The van der Waals surface area contributed by atoms with Crippen LogP contribution >= 0.6 is 0 Å². The van der Waals surface area contributed by atoms with Gasteiger partial charge in [0.1, 0.15) is 0 Å². The Morgan fingerprint density at radius 2 is 1.70 bits per heavy atom. The summed E-state index contributed by atoms with van der Waals surface area (Å²) >= 11 is 0. The van der Waals surface area contributed by atoms with Crippen molar-refractivity contribution in [2.45, 2.75) is 11.4 Å². The van der Waals surface area contributed by atoms with E-state index >= 15 is 0 Å². The minimum atomic E-state index is -3.51. The lowest BCUT2D eigenvalue weighted by molar-refractivity contribution is 0.519. The largest absolute Gasteiger partial charge is 0.370 e. The van der Waals surface area contributed by atoms with Gasteiger partial charge in [-0.3, -0.25) is 0 Å². The Labute approximate surface area is 136 Å². The van der Waals surface area contributed by atoms with E-state index in [0.717, 1.165) is 5.69 Å². The Morgan fingerprint density at radius 1 is 1.09 bits per heavy atom. The predicted octanol–water partition coefficient (Wildman–Crippen LogP) is 1.86. The molecule has 0 amide bonds. The molecule has 0 spiro atoms. The predicted molar refractivity (Wildman–Crippen MR) is 92.7 cm³/mol. The Bertz CT molecular complexity index is 787. The second-order valence-electron chi connectivity index (χ2n) is 5.09. The van der Waals surface area contributed by atoms with Crippen molar-refractivity contribution >= 4 is 21.7 Å². The molecule has 0 aliphatic heterocycles. The molecular formula is C16H20N4O2S. The van der Waals surface area contributed by atoms with Gasteiger partial charge >= 0.3 is 0 Å². The van der Waals surface area contributed by atoms with Crippen LogP contribution in [0.5, 0.6) is 0 Å². The van der Waals surface area contributed by atoms with Gasteiger partial charge in [-0.2, -0.15) is 0 Å². The zero-order valence-electron chi connectivity index (χ0n) is 13.1. The summed E-state index contributed by atoms with van der Waals surface area (Å²) in [5, 5.41) is 2.96. The molecule has 6 nitrogen and oxygen atoms in total. The molecule has 23 heavy (non-hydrogen) atoms. The molecule has 0 bridgehead atoms. The second-order valence-corrected chi connectivity index (χ2v) is 7.21. The van der Waals surface area contributed by atoms with E-state index < -0.39 is 10.0 Å². The van der Waals surface area contributed by atoms with Crippen molar-refractivity contribution in [3.05, 3.63) is 60.2 Å². The highest BCUT2D eigenvalue weighted by Gasteiger charge is 2.20. The molecule has 0 atom stereocenters. The molecule has 0 saturated heterocycles. The average Bonchev–Trinajstić information content (AvgIpc) is 2.54. The van der Waals surface area contributed by atoms with Crippen LogP contribution in [0.15, 0.2) is 64.5 Å². The van der Waals surface area contributed by atoms with Gasteiger partial charge in [-0.25, -0.2) is 17.7 Å². The third-order valence-corrected chi connectivity index (χ3v) is 5.11. The number of hydrogen-bond donors (Lipinski definition) is 2. The fourth-order valence-corrected chi connectivity index (χ4v) is 3.07. The molecule has 3 N–H and O–H groups in total. The minimum Gasteiger partial charge on any atom is -0.370 e. The van der Waals surface area contributed by atoms with Gasteiger partial charge in [-0.15, -0.1) is 0 Å². The van der Waals surface area contributed by atoms with E-state index in [0.29, 0.717) is 5.56 Å². The summed E-state index contributed by atoms with van der Waals surface area (Å²) < 4.78 is 25.8. The maximum atomic E-state index is 12.3. The van der Waals surface area contributed by atoms with Crippen molar-refractivity contribution in [3.8, 4) is 0 Å². The SMILES string of the molecule is CN(C)S(=O)(=O)c1ccccc1CN=C(N)Nc1ccccc1. The van der Waals surface area contributed by atoms with Crippen LogP contribution in [0.2, 0.25) is 0 Å². The highest BCUT2D eigenvalue weighted by atomic mass is 32.2. The van der Waals surface area contributed by atoms with E-state index in [1.54, 1.807) is 24.3 Å². The summed E-state index contributed by atoms with van der Waals surface area (Å²) in [5.74, 6) is 0.230. The van der Waals surface area contributed by atoms with E-state index in [-0.39, 0.29) is 17.4 Å². The zero-order chi connectivity index (χ0) is 16.9. The molecule has 0 unspecified atom stereocenters. The molecule has 0 aliphatic carbocycles. The van der Waals surface area contributed by atoms with Gasteiger partial charge in [-0.05, 0) is 23.8 Å². The normalized spacial score (nSPS) is 12.4. The van der Waals surface area contributed by atoms with Crippen LogP contribution in [-0.4, -0.2) is 32.8 Å². The van der Waals surface area contributed by atoms with Crippen LogP contribution in [0.3, 0.4) is 0 Å². The summed E-state index contributed by atoms with van der Waals surface area (Å²) in [5.41, 5.74) is 7.27. The van der Waals surface area contributed by atoms with Gasteiger partial charge < -0.3 is 11.1 Å². The highest BCUT2D eigenvalue weighted by Crippen LogP contribution is 2.19. The highest BCUT2D eigenvalue weighted by molar-refractivity contribution is 7.89. The van der Waals surface area contributed by atoms with Crippen molar-refractivity contribution in [2.24, 2.45) is 10.7 Å². The standard InChI is InChI=1S/C16H20N4O2S/c1-20(2)23(21,22)15-11-7-6-8-13(15)12-18-16(17)19-14-9-4-3-5-10-14/h3-11H,12H2,1-2H3,(H3,17,18,19). The lowest BCUT2D eigenvalue weighted by atomic mass is 10.2. The number of para-hydroxylation sites is 1. The van der Waals surface area contributed by atoms with Crippen LogP contribution in [0.1, 0.15) is 5.56 Å². The molecule has 0 heterocycles. The molecular weight excluding hydrogens is 312 g/mol. The van der Waals surface area contributed by atoms with Crippen molar-refractivity contribution in [1.82, 2.24) is 4.31 Å². The van der Waals surface area contributed by atoms with Gasteiger partial charge in [0, 0.05) is 19.8 Å². The third-order valence-electron chi connectivity index (χ3n) is 3.20. The first-order valence-corrected chi connectivity index (χ1v) is 8.47. The molecule has 2 aromatic rings. The first kappa shape index (κ1) is 17.0. The van der Waals surface area contributed by atoms with Gasteiger partial charge in [0.15, 0.2) is 5.96 Å². The fraction of sp³-hybridized carbons (Fsp3) is 0.188. The van der Waals surface area contributed by atoms with E-state index in [9.17, 15) is 8.42 Å². The van der Waals surface area contributed by atoms with Crippen molar-refractivity contribution in [1.29, 1.82) is 0 Å². The van der Waals surface area contributed by atoms with Crippen molar-refractivity contribution in [2.75, 3.05) is 19.4 Å². The molecule has 2 rings (SSSR count). The van der Waals surface area contributed by atoms with Crippen LogP contribution in [0.25, 0.3) is 0 Å². The zero-order valence-corrected chi connectivity index (χ0v) is 13.9. The molecule has 7 heteroatoms. The Kier molecular flexibility index (Phi) is 5.36. The topological polar surface area (TPSA) is 87.8 Å². The maximum Gasteiger partial charge on any atom is 0.242 e. The summed E-state index contributed by atoms with van der Waals surface area (Å²) in [4.78, 5) is 4.46. The molecule has 0 aliphatic rings. The number of sulfonamides is 1. The average molecular weight is 332 g/mol. The smallest absolute Gasteiger partial charge is 0.242 e. The van der Waals surface area contributed by atoms with Crippen LogP contribution in [0, 0.1) is 0 Å². The number of anilines is 1. The van der Waals surface area contributed by atoms with Crippen LogP contribution in [-0.2, 0) is 16.6 Å². The van der Waals surface area contributed by atoms with E-state index in [1.165, 1.54) is 18.4 Å². The fourth-order valence-electron chi connectivity index (χ4n) is 1.96. The lowest BCUT2D eigenvalue weighted by Gasteiger charge is -2.14. The molecule has 0 fully saturated rings. The van der Waals surface area contributed by atoms with Crippen molar-refractivity contribution in [3.63, 3.8) is 0 Å². The summed E-state index contributed by atoms with van der Waals surface area (Å²) in [6.07, 6.45) is 0. The first-order chi connectivity index (χ1) is 10.9. The number of rotatable bonds is 5. The number of hydrogen-bond acceptors (Lipinski definition) is 3. The minimum absolute atomic E-state index is 0.176. The molecule has 122 valence electrons. The molecule has 2 aromatic carbocycles. The van der Waals surface area contributed by atoms with Crippen LogP contribution in [0.4, 0.5) is 5.69 Å². The summed E-state index contributed by atoms with van der Waals surface area (Å²) in [7, 11) is -0.510. The lowest BCUT2D eigenvalue weighted by Crippen LogP contribution is -2.24. The van der Waals surface area contributed by atoms with Gasteiger partial charge in [0.25, 0.3) is 0 Å². The number of benzene rings is 2. The number of nitrogens with one attached hydrogen (secondary N) is 1. The Hall–Kier alpha value is -2.38. The van der Waals surface area contributed by atoms with Gasteiger partial charge in [0.05, 0.1) is 11.4 Å². The maximum absolute atomic E-state index is 12.3. The summed E-state index contributed by atoms with van der Waals surface area (Å²) in [6, 6.07) is 16.2. The second kappa shape index (κ2) is 7.26. The number of aliphatic imine (C=N–C) groups is 1. The van der Waals surface area contributed by atoms with Gasteiger partial charge in [-0.1, -0.05) is 36.4 Å². The van der Waals surface area contributed by atoms with E-state index in [2.05, 4.69) is 10.3 Å². The van der Waals surface area contributed by atoms with Crippen molar-refractivity contribution < 1.29 is 8.42 Å². The van der Waals surface area contributed by atoms with Crippen LogP contribution < -0.4 is 11.1 Å². The number of nitrogens with two attached hydrogens (primary N) is 1. The first-order valence-electron chi connectivity index (χ1n) is 7.03. The van der Waals surface area contributed by atoms with Gasteiger partial charge in [0.2, 0.25) is 10.0 Å². The quantitative estimate of drug-likeness (QED) is 0.646. The third kappa shape index (κ3) is 4.30. The monoisotopic (exact) mass is 332 g/mol. The molecule has 0 aromatic heterocycles. The Morgan fingerprint density at radius 3 is 2.35 bits per heavy atom. The molecule has 0 radical (unpaired) electrons. The number of guanidine groups is 1. The summed E-state index contributed by atoms with van der Waals surface area (Å²) in [6.45, 7) is 0.176. The Balaban J connectivity index is 2.19.